The number of benzene rings is 1. The van der Waals surface area contributed by atoms with Crippen LogP contribution in [0.2, 0.25) is 0 Å². The fourth-order valence-corrected chi connectivity index (χ4v) is 2.82. The maximum Gasteiger partial charge on any atom is 0.191 e. The van der Waals surface area contributed by atoms with Gasteiger partial charge in [0.2, 0.25) is 0 Å². The number of rotatable bonds is 3. The number of halogens is 3. The van der Waals surface area contributed by atoms with Gasteiger partial charge in [-0.25, -0.2) is 0 Å². The average molecular weight is 294 g/mol. The summed E-state index contributed by atoms with van der Waals surface area (Å²) in [6, 6.07) is 8.47. The molecule has 0 fully saturated rings. The number of aryl methyl sites for hydroxylation is 1. The van der Waals surface area contributed by atoms with Gasteiger partial charge in [-0.2, -0.15) is 0 Å². The molecule has 0 aliphatic heterocycles. The molecule has 0 amide bonds. The lowest BCUT2D eigenvalue weighted by Gasteiger charge is -2.37. The molecule has 1 unspecified atom stereocenters. The van der Waals surface area contributed by atoms with Crippen LogP contribution in [0.25, 0.3) is 0 Å². The Kier molecular flexibility index (Phi) is 4.80. The molecule has 0 aliphatic carbocycles. The third-order valence-corrected chi connectivity index (χ3v) is 3.95. The van der Waals surface area contributed by atoms with E-state index in [1.165, 1.54) is 11.1 Å². The zero-order valence-electron chi connectivity index (χ0n) is 10.7. The van der Waals surface area contributed by atoms with Crippen LogP contribution in [0.1, 0.15) is 38.3 Å². The molecule has 3 heteroatoms. The van der Waals surface area contributed by atoms with Crippen LogP contribution in [0.15, 0.2) is 24.3 Å². The van der Waals surface area contributed by atoms with Crippen molar-refractivity contribution >= 4 is 34.8 Å². The van der Waals surface area contributed by atoms with Gasteiger partial charge in [0.25, 0.3) is 0 Å². The van der Waals surface area contributed by atoms with Gasteiger partial charge in [-0.05, 0) is 23.8 Å². The van der Waals surface area contributed by atoms with Crippen molar-refractivity contribution < 1.29 is 0 Å². The Labute approximate surface area is 119 Å². The van der Waals surface area contributed by atoms with Crippen LogP contribution in [0, 0.1) is 12.8 Å². The van der Waals surface area contributed by atoms with Crippen LogP contribution >= 0.6 is 34.8 Å². The van der Waals surface area contributed by atoms with Gasteiger partial charge < -0.3 is 0 Å². The van der Waals surface area contributed by atoms with E-state index < -0.39 is 3.79 Å². The van der Waals surface area contributed by atoms with Gasteiger partial charge in [-0.15, -0.1) is 0 Å². The predicted octanol–water partition coefficient (Wildman–Crippen LogP) is 5.67. The van der Waals surface area contributed by atoms with Crippen LogP contribution in [-0.4, -0.2) is 3.79 Å². The summed E-state index contributed by atoms with van der Waals surface area (Å²) in [6.07, 6.45) is 0.519. The Bertz CT molecular complexity index is 362. The zero-order chi connectivity index (χ0) is 13.3. The second-order valence-corrected chi connectivity index (χ2v) is 7.75. The van der Waals surface area contributed by atoms with Crippen molar-refractivity contribution in [2.45, 2.75) is 43.3 Å². The van der Waals surface area contributed by atoms with Crippen LogP contribution < -0.4 is 0 Å². The lowest BCUT2D eigenvalue weighted by Crippen LogP contribution is -2.33. The summed E-state index contributed by atoms with van der Waals surface area (Å²) in [4.78, 5) is 0. The third-order valence-electron chi connectivity index (χ3n) is 3.55. The monoisotopic (exact) mass is 292 g/mol. The van der Waals surface area contributed by atoms with Crippen molar-refractivity contribution in [3.05, 3.63) is 35.4 Å². The van der Waals surface area contributed by atoms with Gasteiger partial charge in [0.1, 0.15) is 0 Å². The van der Waals surface area contributed by atoms with Crippen molar-refractivity contribution in [3.8, 4) is 0 Å². The van der Waals surface area contributed by atoms with Crippen LogP contribution in [0.4, 0.5) is 0 Å². The van der Waals surface area contributed by atoms with E-state index in [1.54, 1.807) is 0 Å². The first-order valence-corrected chi connectivity index (χ1v) is 6.92. The highest BCUT2D eigenvalue weighted by Gasteiger charge is 2.38. The number of hydrogen-bond acceptors (Lipinski definition) is 0. The highest BCUT2D eigenvalue weighted by atomic mass is 35.6. The largest absolute Gasteiger partial charge is 0.191 e. The summed E-state index contributed by atoms with van der Waals surface area (Å²) in [5.41, 5.74) is 2.34. The normalized spacial score (nSPS) is 16.0. The van der Waals surface area contributed by atoms with E-state index in [4.69, 9.17) is 34.8 Å². The van der Waals surface area contributed by atoms with Gasteiger partial charge in [-0.3, -0.25) is 0 Å². The first-order valence-electron chi connectivity index (χ1n) is 5.79. The standard InChI is InChI=1S/C14H19Cl3/c1-10(2)13(4,9-14(15,16)17)12-7-5-11(3)6-8-12/h5-8,10H,9H2,1-4H3. The fourth-order valence-electron chi connectivity index (χ4n) is 1.99. The molecule has 0 spiro atoms. The van der Waals surface area contributed by atoms with Crippen LogP contribution in [0.5, 0.6) is 0 Å². The van der Waals surface area contributed by atoms with Crippen LogP contribution in [-0.2, 0) is 5.41 Å². The van der Waals surface area contributed by atoms with E-state index in [-0.39, 0.29) is 5.41 Å². The molecular formula is C14H19Cl3. The quantitative estimate of drug-likeness (QED) is 0.630. The second kappa shape index (κ2) is 5.38. The molecule has 0 bridgehead atoms. The molecule has 0 saturated carbocycles. The first-order chi connectivity index (χ1) is 7.65. The van der Waals surface area contributed by atoms with Gasteiger partial charge in [0, 0.05) is 6.42 Å². The van der Waals surface area contributed by atoms with E-state index in [1.807, 2.05) is 0 Å². The lowest BCUT2D eigenvalue weighted by molar-refractivity contribution is 0.316. The molecule has 1 aromatic carbocycles. The highest BCUT2D eigenvalue weighted by Crippen LogP contribution is 2.45. The summed E-state index contributed by atoms with van der Waals surface area (Å²) in [5.74, 6) is 0.404. The third kappa shape index (κ3) is 4.05. The van der Waals surface area contributed by atoms with E-state index in [2.05, 4.69) is 52.0 Å². The molecule has 0 radical (unpaired) electrons. The smallest absolute Gasteiger partial charge is 0.0837 e. The summed E-state index contributed by atoms with van der Waals surface area (Å²) in [6.45, 7) is 8.56. The average Bonchev–Trinajstić information content (AvgIpc) is 2.15. The van der Waals surface area contributed by atoms with E-state index in [9.17, 15) is 0 Å². The van der Waals surface area contributed by atoms with Gasteiger partial charge >= 0.3 is 0 Å². The number of alkyl halides is 3. The summed E-state index contributed by atoms with van der Waals surface area (Å²) >= 11 is 17.9. The molecule has 0 heterocycles. The molecule has 17 heavy (non-hydrogen) atoms. The Morgan fingerprint density at radius 1 is 1.06 bits per heavy atom. The molecule has 0 aliphatic rings. The molecule has 0 nitrogen and oxygen atoms in total. The maximum atomic E-state index is 5.97. The molecule has 1 rings (SSSR count). The van der Waals surface area contributed by atoms with Gasteiger partial charge in [0.15, 0.2) is 3.79 Å². The Balaban J connectivity index is 3.12. The van der Waals surface area contributed by atoms with Crippen molar-refractivity contribution in [2.24, 2.45) is 5.92 Å². The second-order valence-electron chi connectivity index (χ2n) is 5.23. The number of hydrogen-bond donors (Lipinski definition) is 0. The Hall–Kier alpha value is 0.0900. The van der Waals surface area contributed by atoms with Gasteiger partial charge in [-0.1, -0.05) is 85.4 Å². The van der Waals surface area contributed by atoms with Crippen molar-refractivity contribution in [1.29, 1.82) is 0 Å². The molecule has 0 saturated heterocycles. The van der Waals surface area contributed by atoms with E-state index >= 15 is 0 Å². The highest BCUT2D eigenvalue weighted by molar-refractivity contribution is 6.67. The zero-order valence-corrected chi connectivity index (χ0v) is 13.0. The van der Waals surface area contributed by atoms with Crippen molar-refractivity contribution in [1.82, 2.24) is 0 Å². The Morgan fingerprint density at radius 2 is 1.53 bits per heavy atom. The molecule has 1 aromatic rings. The van der Waals surface area contributed by atoms with Gasteiger partial charge in [0.05, 0.1) is 0 Å². The fraction of sp³-hybridized carbons (Fsp3) is 0.571. The topological polar surface area (TPSA) is 0 Å². The van der Waals surface area contributed by atoms with E-state index in [0.717, 1.165) is 0 Å². The van der Waals surface area contributed by atoms with E-state index in [0.29, 0.717) is 12.3 Å². The summed E-state index contributed by atoms with van der Waals surface area (Å²) in [7, 11) is 0. The predicted molar refractivity (Wildman–Crippen MR) is 78.3 cm³/mol. The minimum absolute atomic E-state index is 0.126. The molecule has 96 valence electrons. The molecule has 1 atom stereocenters. The Morgan fingerprint density at radius 3 is 1.88 bits per heavy atom. The summed E-state index contributed by atoms with van der Waals surface area (Å²) in [5, 5.41) is 0. The summed E-state index contributed by atoms with van der Waals surface area (Å²) < 4.78 is -1.22. The lowest BCUT2D eigenvalue weighted by atomic mass is 9.71. The first kappa shape index (κ1) is 15.1. The SMILES string of the molecule is Cc1ccc(C(C)(CC(Cl)(Cl)Cl)C(C)C)cc1. The van der Waals surface area contributed by atoms with Crippen molar-refractivity contribution in [3.63, 3.8) is 0 Å². The van der Waals surface area contributed by atoms with Crippen LogP contribution in [0.3, 0.4) is 0 Å². The minimum Gasteiger partial charge on any atom is -0.0837 e. The molecule has 0 aromatic heterocycles. The molecule has 0 N–H and O–H groups in total. The molecular weight excluding hydrogens is 275 g/mol. The maximum absolute atomic E-state index is 5.97. The minimum atomic E-state index is -1.22. The van der Waals surface area contributed by atoms with Crippen molar-refractivity contribution in [2.75, 3.05) is 0 Å².